The van der Waals surface area contributed by atoms with Crippen LogP contribution in [0.2, 0.25) is 0 Å². The summed E-state index contributed by atoms with van der Waals surface area (Å²) in [6, 6.07) is 0. The van der Waals surface area contributed by atoms with Gasteiger partial charge in [0.2, 0.25) is 0 Å². The molecule has 1 fully saturated rings. The number of ether oxygens (including phenoxy) is 2. The Kier molecular flexibility index (Phi) is 3.63. The Balaban J connectivity index is 2.66. The highest BCUT2D eigenvalue weighted by atomic mass is 16.7. The third-order valence-electron chi connectivity index (χ3n) is 2.48. The summed E-state index contributed by atoms with van der Waals surface area (Å²) in [5.74, 6) is -0.300. The van der Waals surface area contributed by atoms with Crippen molar-refractivity contribution in [1.82, 2.24) is 0 Å². The van der Waals surface area contributed by atoms with Crippen molar-refractivity contribution < 1.29 is 24.8 Å². The SMILES string of the molecule is COC1OC(CO)[C@H](C)[C@@H](O)[C@@H]1O. The topological polar surface area (TPSA) is 79.2 Å². The largest absolute Gasteiger partial charge is 0.394 e. The predicted molar refractivity (Wildman–Crippen MR) is 43.9 cm³/mol. The van der Waals surface area contributed by atoms with Crippen molar-refractivity contribution in [3.63, 3.8) is 0 Å². The average molecular weight is 192 g/mol. The van der Waals surface area contributed by atoms with Gasteiger partial charge >= 0.3 is 0 Å². The van der Waals surface area contributed by atoms with Crippen LogP contribution in [-0.2, 0) is 9.47 Å². The Bertz CT molecular complexity index is 143. The molecule has 0 spiro atoms. The van der Waals surface area contributed by atoms with Crippen LogP contribution in [0.5, 0.6) is 0 Å². The van der Waals surface area contributed by atoms with Crippen LogP contribution in [0.25, 0.3) is 0 Å². The van der Waals surface area contributed by atoms with E-state index in [2.05, 4.69) is 0 Å². The highest BCUT2D eigenvalue weighted by molar-refractivity contribution is 4.86. The second kappa shape index (κ2) is 4.34. The molecule has 0 saturated carbocycles. The number of aliphatic hydroxyl groups excluding tert-OH is 3. The van der Waals surface area contributed by atoms with Crippen LogP contribution in [0, 0.1) is 5.92 Å². The molecular weight excluding hydrogens is 176 g/mol. The molecule has 1 heterocycles. The van der Waals surface area contributed by atoms with Crippen molar-refractivity contribution in [1.29, 1.82) is 0 Å². The fraction of sp³-hybridized carbons (Fsp3) is 1.00. The number of aliphatic hydroxyl groups is 3. The van der Waals surface area contributed by atoms with E-state index in [-0.39, 0.29) is 12.5 Å². The van der Waals surface area contributed by atoms with Gasteiger partial charge in [-0.2, -0.15) is 0 Å². The normalized spacial score (nSPS) is 46.4. The maximum Gasteiger partial charge on any atom is 0.186 e. The number of rotatable bonds is 2. The first kappa shape index (κ1) is 10.9. The molecule has 1 saturated heterocycles. The first-order valence-corrected chi connectivity index (χ1v) is 4.27. The van der Waals surface area contributed by atoms with Gasteiger partial charge in [0.05, 0.1) is 18.8 Å². The molecule has 0 bridgehead atoms. The van der Waals surface area contributed by atoms with Crippen molar-refractivity contribution in [3.05, 3.63) is 0 Å². The van der Waals surface area contributed by atoms with Gasteiger partial charge < -0.3 is 24.8 Å². The first-order chi connectivity index (χ1) is 6.11. The van der Waals surface area contributed by atoms with Crippen LogP contribution in [0.15, 0.2) is 0 Å². The molecule has 13 heavy (non-hydrogen) atoms. The summed E-state index contributed by atoms with van der Waals surface area (Å²) >= 11 is 0. The fourth-order valence-electron chi connectivity index (χ4n) is 1.47. The first-order valence-electron chi connectivity index (χ1n) is 4.27. The Hall–Kier alpha value is -0.200. The molecule has 5 atom stereocenters. The molecule has 78 valence electrons. The van der Waals surface area contributed by atoms with Gasteiger partial charge in [-0.3, -0.25) is 0 Å². The second-order valence-electron chi connectivity index (χ2n) is 3.30. The van der Waals surface area contributed by atoms with Crippen LogP contribution >= 0.6 is 0 Å². The molecule has 0 amide bonds. The Morgan fingerprint density at radius 1 is 1.31 bits per heavy atom. The maximum atomic E-state index is 9.53. The van der Waals surface area contributed by atoms with Gasteiger partial charge in [-0.05, 0) is 0 Å². The van der Waals surface area contributed by atoms with Gasteiger partial charge in [0.25, 0.3) is 0 Å². The predicted octanol–water partition coefficient (Wildman–Crippen LogP) is -1.29. The van der Waals surface area contributed by atoms with Crippen molar-refractivity contribution in [3.8, 4) is 0 Å². The van der Waals surface area contributed by atoms with E-state index < -0.39 is 24.6 Å². The number of hydrogen-bond acceptors (Lipinski definition) is 5. The zero-order valence-electron chi connectivity index (χ0n) is 7.75. The summed E-state index contributed by atoms with van der Waals surface area (Å²) in [7, 11) is 1.38. The summed E-state index contributed by atoms with van der Waals surface area (Å²) in [5.41, 5.74) is 0. The smallest absolute Gasteiger partial charge is 0.186 e. The quantitative estimate of drug-likeness (QED) is 0.507. The number of hydrogen-bond donors (Lipinski definition) is 3. The summed E-state index contributed by atoms with van der Waals surface area (Å²) in [6.07, 6.45) is -3.31. The lowest BCUT2D eigenvalue weighted by molar-refractivity contribution is -0.280. The van der Waals surface area contributed by atoms with Crippen LogP contribution < -0.4 is 0 Å². The minimum absolute atomic E-state index is 0.190. The van der Waals surface area contributed by atoms with Crippen LogP contribution in [0.4, 0.5) is 0 Å². The van der Waals surface area contributed by atoms with Crippen molar-refractivity contribution >= 4 is 0 Å². The molecule has 1 aliphatic heterocycles. The van der Waals surface area contributed by atoms with E-state index in [1.165, 1.54) is 7.11 Å². The Labute approximate surface area is 76.9 Å². The molecule has 5 heteroatoms. The van der Waals surface area contributed by atoms with Crippen molar-refractivity contribution in [2.75, 3.05) is 13.7 Å². The van der Waals surface area contributed by atoms with E-state index in [0.717, 1.165) is 0 Å². The van der Waals surface area contributed by atoms with Crippen LogP contribution in [0.1, 0.15) is 6.92 Å². The number of methoxy groups -OCH3 is 1. The van der Waals surface area contributed by atoms with E-state index in [1.807, 2.05) is 0 Å². The maximum absolute atomic E-state index is 9.53. The van der Waals surface area contributed by atoms with E-state index in [4.69, 9.17) is 14.6 Å². The molecule has 1 aliphatic rings. The van der Waals surface area contributed by atoms with Gasteiger partial charge in [0.1, 0.15) is 6.10 Å². The lowest BCUT2D eigenvalue weighted by atomic mass is 9.91. The highest BCUT2D eigenvalue weighted by Gasteiger charge is 2.41. The molecule has 2 unspecified atom stereocenters. The zero-order chi connectivity index (χ0) is 10.0. The third kappa shape index (κ3) is 2.00. The summed E-state index contributed by atoms with van der Waals surface area (Å²) < 4.78 is 10.0. The standard InChI is InChI=1S/C8H16O5/c1-4-5(3-9)13-8(12-2)7(11)6(4)10/h4-11H,3H2,1-2H3/t4-,5?,6+,7-,8?/m0/s1. The van der Waals surface area contributed by atoms with Crippen LogP contribution in [0.3, 0.4) is 0 Å². The van der Waals surface area contributed by atoms with Gasteiger partial charge in [-0.1, -0.05) is 6.92 Å². The Morgan fingerprint density at radius 3 is 2.38 bits per heavy atom. The third-order valence-corrected chi connectivity index (χ3v) is 2.48. The summed E-state index contributed by atoms with van der Waals surface area (Å²) in [5, 5.41) is 27.9. The lowest BCUT2D eigenvalue weighted by Gasteiger charge is -2.40. The van der Waals surface area contributed by atoms with E-state index >= 15 is 0 Å². The Morgan fingerprint density at radius 2 is 1.92 bits per heavy atom. The fourth-order valence-corrected chi connectivity index (χ4v) is 1.47. The zero-order valence-corrected chi connectivity index (χ0v) is 7.75. The molecular formula is C8H16O5. The molecule has 3 N–H and O–H groups in total. The minimum atomic E-state index is -1.05. The molecule has 0 radical (unpaired) electrons. The molecule has 0 aromatic rings. The van der Waals surface area contributed by atoms with Gasteiger partial charge in [-0.25, -0.2) is 0 Å². The van der Waals surface area contributed by atoms with Crippen LogP contribution in [-0.4, -0.2) is 53.6 Å². The molecule has 1 rings (SSSR count). The second-order valence-corrected chi connectivity index (χ2v) is 3.30. The van der Waals surface area contributed by atoms with E-state index in [0.29, 0.717) is 0 Å². The van der Waals surface area contributed by atoms with E-state index in [9.17, 15) is 10.2 Å². The van der Waals surface area contributed by atoms with Crippen molar-refractivity contribution in [2.45, 2.75) is 31.5 Å². The van der Waals surface area contributed by atoms with Crippen molar-refractivity contribution in [2.24, 2.45) is 5.92 Å². The average Bonchev–Trinajstić information content (AvgIpc) is 2.15. The van der Waals surface area contributed by atoms with Gasteiger partial charge in [-0.15, -0.1) is 0 Å². The minimum Gasteiger partial charge on any atom is -0.394 e. The van der Waals surface area contributed by atoms with E-state index in [1.54, 1.807) is 6.92 Å². The highest BCUT2D eigenvalue weighted by Crippen LogP contribution is 2.25. The molecule has 0 aromatic carbocycles. The lowest BCUT2D eigenvalue weighted by Crippen LogP contribution is -2.55. The molecule has 5 nitrogen and oxygen atoms in total. The summed E-state index contributed by atoms with van der Waals surface area (Å²) in [4.78, 5) is 0. The monoisotopic (exact) mass is 192 g/mol. The van der Waals surface area contributed by atoms with Gasteiger partial charge in [0.15, 0.2) is 6.29 Å². The summed E-state index contributed by atoms with van der Waals surface area (Å²) in [6.45, 7) is 1.52. The van der Waals surface area contributed by atoms with Gasteiger partial charge in [0, 0.05) is 13.0 Å². The molecule has 0 aliphatic carbocycles. The molecule has 0 aromatic heterocycles.